The van der Waals surface area contributed by atoms with E-state index in [0.29, 0.717) is 40.4 Å². The number of pyridine rings is 1. The molecule has 1 aliphatic rings. The average Bonchev–Trinajstić information content (AvgIpc) is 3.91. The zero-order valence-electron chi connectivity index (χ0n) is 29.1. The topological polar surface area (TPSA) is 86.8 Å². The minimum Gasteiger partial charge on any atom is -0.493 e. The molecular formula is C40H45FN2O5S2. The van der Waals surface area contributed by atoms with E-state index in [1.807, 2.05) is 45.0 Å². The van der Waals surface area contributed by atoms with Gasteiger partial charge in [-0.2, -0.15) is 0 Å². The highest BCUT2D eigenvalue weighted by atomic mass is 32.2. The first-order valence-corrected chi connectivity index (χ1v) is 18.7. The Morgan fingerprint density at radius 1 is 0.960 bits per heavy atom. The molecule has 1 unspecified atom stereocenters. The van der Waals surface area contributed by atoms with Crippen LogP contribution in [0.25, 0.3) is 10.9 Å². The number of anilines is 1. The van der Waals surface area contributed by atoms with Crippen LogP contribution in [0.5, 0.6) is 23.0 Å². The predicted molar refractivity (Wildman–Crippen MR) is 204 cm³/mol. The summed E-state index contributed by atoms with van der Waals surface area (Å²) in [5, 5.41) is 5.30. The van der Waals surface area contributed by atoms with Gasteiger partial charge in [-0.1, -0.05) is 86.9 Å². The molecule has 5 rings (SSSR count). The molecule has 1 amide bonds. The molecule has 1 saturated carbocycles. The van der Waals surface area contributed by atoms with E-state index in [1.165, 1.54) is 23.9 Å². The van der Waals surface area contributed by atoms with Crippen molar-refractivity contribution in [3.63, 3.8) is 0 Å². The molecule has 0 spiro atoms. The summed E-state index contributed by atoms with van der Waals surface area (Å²) in [7, 11) is 1.57. The molecule has 1 atom stereocenters. The summed E-state index contributed by atoms with van der Waals surface area (Å²) in [4.78, 5) is 30.0. The SMILES string of the molecule is COc1cc2c(Oc3ccc(NC(=O)C4(c5ccc(C)cc5)CC4)cc3F)ccnc2cc1OCCCCCCCSC(=O)C(C=S)C(C)C. The van der Waals surface area contributed by atoms with Gasteiger partial charge in [0.15, 0.2) is 28.2 Å². The molecule has 0 radical (unpaired) electrons. The highest BCUT2D eigenvalue weighted by Gasteiger charge is 2.51. The smallest absolute Gasteiger partial charge is 0.235 e. The standard InChI is InChI=1S/C40H45FN2O5S2/c1-26(2)31(25-49)38(44)50-21-9-7-5-6-8-20-47-37-24-33-30(23-36(37)46-4)34(16-19-42-33)48-35-15-14-29(22-32(35)41)43-39(45)40(17-18-40)28-12-10-27(3)11-13-28/h10-16,19,22-26,31H,5-9,17-18,20-21H2,1-4H3,(H,43,45). The van der Waals surface area contributed by atoms with Crippen LogP contribution >= 0.6 is 24.0 Å². The van der Waals surface area contributed by atoms with E-state index in [9.17, 15) is 9.59 Å². The highest BCUT2D eigenvalue weighted by Crippen LogP contribution is 2.49. The van der Waals surface area contributed by atoms with E-state index in [1.54, 1.807) is 42.9 Å². The molecule has 264 valence electrons. The normalized spacial score (nSPS) is 13.9. The number of ether oxygens (including phenoxy) is 3. The monoisotopic (exact) mass is 716 g/mol. The van der Waals surface area contributed by atoms with E-state index < -0.39 is 11.2 Å². The van der Waals surface area contributed by atoms with Crippen molar-refractivity contribution in [1.29, 1.82) is 0 Å². The van der Waals surface area contributed by atoms with Crippen molar-refractivity contribution in [3.05, 3.63) is 83.8 Å². The number of hydrogen-bond acceptors (Lipinski definition) is 8. The number of thioether (sulfide) groups is 1. The summed E-state index contributed by atoms with van der Waals surface area (Å²) >= 11 is 6.41. The van der Waals surface area contributed by atoms with Crippen LogP contribution in [0, 0.1) is 24.6 Å². The fourth-order valence-electron chi connectivity index (χ4n) is 5.84. The van der Waals surface area contributed by atoms with Gasteiger partial charge in [0.1, 0.15) is 5.75 Å². The molecule has 1 N–H and O–H groups in total. The Morgan fingerprint density at radius 2 is 1.70 bits per heavy atom. The van der Waals surface area contributed by atoms with Gasteiger partial charge in [0, 0.05) is 35.2 Å². The van der Waals surface area contributed by atoms with Gasteiger partial charge >= 0.3 is 0 Å². The van der Waals surface area contributed by atoms with Crippen LogP contribution in [0.2, 0.25) is 0 Å². The van der Waals surface area contributed by atoms with Gasteiger partial charge in [0.05, 0.1) is 30.6 Å². The van der Waals surface area contributed by atoms with Gasteiger partial charge in [0.25, 0.3) is 0 Å². The summed E-state index contributed by atoms with van der Waals surface area (Å²) in [6.45, 7) is 6.58. The minimum absolute atomic E-state index is 0.0226. The summed E-state index contributed by atoms with van der Waals surface area (Å²) in [5.41, 5.74) is 2.53. The summed E-state index contributed by atoms with van der Waals surface area (Å²) in [5.74, 6) is 1.70. The summed E-state index contributed by atoms with van der Waals surface area (Å²) in [6, 6.07) is 17.7. The van der Waals surface area contributed by atoms with Crippen molar-refractivity contribution in [2.75, 3.05) is 24.8 Å². The molecule has 0 saturated heterocycles. The first kappa shape index (κ1) is 37.2. The van der Waals surface area contributed by atoms with Crippen molar-refractivity contribution in [2.24, 2.45) is 11.8 Å². The fourth-order valence-corrected chi connectivity index (χ4v) is 7.44. The van der Waals surface area contributed by atoms with Gasteiger partial charge in [-0.25, -0.2) is 4.39 Å². The number of nitrogens with zero attached hydrogens (tertiary/aromatic N) is 1. The molecule has 1 aliphatic carbocycles. The lowest BCUT2D eigenvalue weighted by molar-refractivity contribution is -0.118. The Labute approximate surface area is 303 Å². The zero-order valence-corrected chi connectivity index (χ0v) is 30.8. The van der Waals surface area contributed by atoms with Crippen molar-refractivity contribution in [1.82, 2.24) is 4.98 Å². The molecule has 1 heterocycles. The van der Waals surface area contributed by atoms with E-state index in [2.05, 4.69) is 10.3 Å². The number of nitrogens with one attached hydrogen (secondary N) is 1. The lowest BCUT2D eigenvalue weighted by atomic mass is 9.94. The van der Waals surface area contributed by atoms with Crippen molar-refractivity contribution in [2.45, 2.75) is 71.1 Å². The van der Waals surface area contributed by atoms with Crippen LogP contribution in [0.3, 0.4) is 0 Å². The number of thiocarbonyl (C=S) groups is 1. The second-order valence-electron chi connectivity index (χ2n) is 13.2. The minimum atomic E-state index is -0.599. The third-order valence-corrected chi connectivity index (χ3v) is 10.5. The Balaban J connectivity index is 1.13. The van der Waals surface area contributed by atoms with Crippen LogP contribution in [0.15, 0.2) is 66.9 Å². The van der Waals surface area contributed by atoms with Crippen LogP contribution in [0.4, 0.5) is 10.1 Å². The number of aryl methyl sites for hydroxylation is 1. The number of rotatable bonds is 18. The quantitative estimate of drug-likeness (QED) is 0.0805. The first-order chi connectivity index (χ1) is 24.1. The number of hydrogen-bond donors (Lipinski definition) is 1. The van der Waals surface area contributed by atoms with Gasteiger partial charge < -0.3 is 19.5 Å². The average molecular weight is 717 g/mol. The summed E-state index contributed by atoms with van der Waals surface area (Å²) < 4.78 is 33.0. The number of methoxy groups -OCH3 is 1. The Hall–Kier alpha value is -4.02. The number of carbonyl (C=O) groups excluding carboxylic acids is 2. The highest BCUT2D eigenvalue weighted by molar-refractivity contribution is 8.13. The molecule has 3 aromatic carbocycles. The Bertz CT molecular complexity index is 1810. The number of amides is 1. The van der Waals surface area contributed by atoms with E-state index in [0.717, 1.165) is 61.8 Å². The number of unbranched alkanes of at least 4 members (excludes halogenated alkanes) is 4. The largest absolute Gasteiger partial charge is 0.493 e. The molecule has 0 bridgehead atoms. The third-order valence-electron chi connectivity index (χ3n) is 9.11. The lowest BCUT2D eigenvalue weighted by Crippen LogP contribution is -2.27. The number of halogens is 1. The molecule has 7 nitrogen and oxygen atoms in total. The van der Waals surface area contributed by atoms with Crippen LogP contribution in [-0.4, -0.2) is 40.8 Å². The van der Waals surface area contributed by atoms with E-state index >= 15 is 4.39 Å². The second kappa shape index (κ2) is 17.3. The maximum Gasteiger partial charge on any atom is 0.235 e. The van der Waals surface area contributed by atoms with Crippen molar-refractivity contribution < 1.29 is 28.2 Å². The number of carbonyl (C=O) groups is 2. The number of aromatic nitrogens is 1. The van der Waals surface area contributed by atoms with Crippen molar-refractivity contribution >= 4 is 57.0 Å². The first-order valence-electron chi connectivity index (χ1n) is 17.2. The van der Waals surface area contributed by atoms with E-state index in [4.69, 9.17) is 26.4 Å². The van der Waals surface area contributed by atoms with Gasteiger partial charge in [-0.05, 0) is 73.7 Å². The van der Waals surface area contributed by atoms with Gasteiger partial charge in [-0.3, -0.25) is 14.6 Å². The van der Waals surface area contributed by atoms with Gasteiger partial charge in [0.2, 0.25) is 5.91 Å². The molecule has 10 heteroatoms. The van der Waals surface area contributed by atoms with Gasteiger partial charge in [-0.15, -0.1) is 0 Å². The Morgan fingerprint density at radius 3 is 2.38 bits per heavy atom. The van der Waals surface area contributed by atoms with E-state index in [-0.39, 0.29) is 28.6 Å². The van der Waals surface area contributed by atoms with Crippen LogP contribution < -0.4 is 19.5 Å². The molecule has 1 fully saturated rings. The van der Waals surface area contributed by atoms with Crippen LogP contribution in [-0.2, 0) is 15.0 Å². The molecular weight excluding hydrogens is 672 g/mol. The molecule has 4 aromatic rings. The van der Waals surface area contributed by atoms with Crippen LogP contribution in [0.1, 0.15) is 69.9 Å². The third kappa shape index (κ3) is 9.20. The Kier molecular flexibility index (Phi) is 12.9. The maximum atomic E-state index is 15.3. The lowest BCUT2D eigenvalue weighted by Gasteiger charge is -2.17. The van der Waals surface area contributed by atoms with Crippen molar-refractivity contribution in [3.8, 4) is 23.0 Å². The number of fused-ring (bicyclic) bond motifs is 1. The fraction of sp³-hybridized carbons (Fsp3) is 0.400. The number of benzene rings is 3. The predicted octanol–water partition coefficient (Wildman–Crippen LogP) is 10.0. The molecule has 50 heavy (non-hydrogen) atoms. The molecule has 0 aliphatic heterocycles. The second-order valence-corrected chi connectivity index (χ2v) is 14.5. The zero-order chi connectivity index (χ0) is 35.7. The summed E-state index contributed by atoms with van der Waals surface area (Å²) in [6.07, 6.45) is 8.14. The maximum absolute atomic E-state index is 15.3. The molecule has 1 aromatic heterocycles.